The lowest BCUT2D eigenvalue weighted by Crippen LogP contribution is -2.15. The molecule has 0 amide bonds. The highest BCUT2D eigenvalue weighted by Crippen LogP contribution is 2.29. The third kappa shape index (κ3) is 3.92. The molecule has 0 unspecified atom stereocenters. The zero-order valence-electron chi connectivity index (χ0n) is 10.5. The van der Waals surface area contributed by atoms with Crippen LogP contribution in [-0.4, -0.2) is 15.0 Å². The Morgan fingerprint density at radius 2 is 1.67 bits per heavy atom. The quantitative estimate of drug-likeness (QED) is 0.860. The average Bonchev–Trinajstić information content (AvgIpc) is 2.40. The normalized spacial score (nSPS) is 11.4. The minimum absolute atomic E-state index is 0.00292. The summed E-state index contributed by atoms with van der Waals surface area (Å²) in [5.41, 5.74) is -0.0615. The van der Waals surface area contributed by atoms with Crippen LogP contribution in [0, 0.1) is 0 Å². The van der Waals surface area contributed by atoms with Gasteiger partial charge in [0.25, 0.3) is 10.0 Å². The minimum atomic E-state index is -3.92. The predicted octanol–water partition coefficient (Wildman–Crippen LogP) is 3.85. The molecule has 2 aromatic carbocycles. The van der Waals surface area contributed by atoms with E-state index < -0.39 is 16.6 Å². The largest absolute Gasteiger partial charge is 0.433 e. The molecular formula is C13H10BrF2NO3S. The van der Waals surface area contributed by atoms with Gasteiger partial charge in [0.05, 0.1) is 5.69 Å². The van der Waals surface area contributed by atoms with Gasteiger partial charge in [0.2, 0.25) is 0 Å². The highest BCUT2D eigenvalue weighted by molar-refractivity contribution is 9.10. The second-order valence-electron chi connectivity index (χ2n) is 3.91. The molecule has 0 aromatic heterocycles. The second kappa shape index (κ2) is 6.40. The summed E-state index contributed by atoms with van der Waals surface area (Å²) in [6, 6.07) is 11.7. The summed E-state index contributed by atoms with van der Waals surface area (Å²) in [5.74, 6) is -0.247. The molecule has 2 aromatic rings. The molecule has 0 spiro atoms. The van der Waals surface area contributed by atoms with Crippen LogP contribution in [0.2, 0.25) is 0 Å². The summed E-state index contributed by atoms with van der Waals surface area (Å²) in [6.07, 6.45) is 0. The summed E-state index contributed by atoms with van der Waals surface area (Å²) in [6.45, 7) is -3.04. The van der Waals surface area contributed by atoms with Gasteiger partial charge in [0, 0.05) is 4.47 Å². The SMILES string of the molecule is O=S(=O)(Nc1ccccc1OC(F)F)c1ccccc1Br. The fourth-order valence-corrected chi connectivity index (χ4v) is 3.69. The topological polar surface area (TPSA) is 55.4 Å². The smallest absolute Gasteiger partial charge is 0.387 e. The number of benzene rings is 2. The molecule has 0 aliphatic heterocycles. The van der Waals surface area contributed by atoms with Crippen molar-refractivity contribution in [2.75, 3.05) is 4.72 Å². The fraction of sp³-hybridized carbons (Fsp3) is 0.0769. The molecule has 0 fully saturated rings. The van der Waals surface area contributed by atoms with Crippen molar-refractivity contribution in [1.29, 1.82) is 0 Å². The van der Waals surface area contributed by atoms with Crippen LogP contribution in [0.4, 0.5) is 14.5 Å². The lowest BCUT2D eigenvalue weighted by molar-refractivity contribution is -0.0493. The van der Waals surface area contributed by atoms with Crippen molar-refractivity contribution < 1.29 is 21.9 Å². The minimum Gasteiger partial charge on any atom is -0.433 e. The van der Waals surface area contributed by atoms with Crippen LogP contribution in [0.1, 0.15) is 0 Å². The Kier molecular flexibility index (Phi) is 4.79. The van der Waals surface area contributed by atoms with Gasteiger partial charge in [-0.15, -0.1) is 0 Å². The maximum Gasteiger partial charge on any atom is 0.387 e. The van der Waals surface area contributed by atoms with Crippen molar-refractivity contribution in [2.24, 2.45) is 0 Å². The molecule has 1 N–H and O–H groups in total. The van der Waals surface area contributed by atoms with Gasteiger partial charge in [-0.25, -0.2) is 8.42 Å². The number of sulfonamides is 1. The molecular weight excluding hydrogens is 368 g/mol. The Morgan fingerprint density at radius 3 is 2.33 bits per heavy atom. The number of hydrogen-bond acceptors (Lipinski definition) is 3. The van der Waals surface area contributed by atoms with Crippen molar-refractivity contribution in [2.45, 2.75) is 11.5 Å². The van der Waals surface area contributed by atoms with Crippen LogP contribution in [-0.2, 0) is 10.0 Å². The summed E-state index contributed by atoms with van der Waals surface area (Å²) in [5, 5.41) is 0. The molecule has 4 nitrogen and oxygen atoms in total. The fourth-order valence-electron chi connectivity index (χ4n) is 1.61. The Morgan fingerprint density at radius 1 is 1.05 bits per heavy atom. The van der Waals surface area contributed by atoms with Crippen LogP contribution < -0.4 is 9.46 Å². The number of ether oxygens (including phenoxy) is 1. The van der Waals surface area contributed by atoms with E-state index in [-0.39, 0.29) is 16.3 Å². The van der Waals surface area contributed by atoms with Gasteiger partial charge < -0.3 is 4.74 Å². The molecule has 0 bridgehead atoms. The summed E-state index contributed by atoms with van der Waals surface area (Å²) in [4.78, 5) is -0.00292. The molecule has 112 valence electrons. The summed E-state index contributed by atoms with van der Waals surface area (Å²) >= 11 is 3.13. The first-order valence-electron chi connectivity index (χ1n) is 5.71. The first-order valence-corrected chi connectivity index (χ1v) is 7.99. The van der Waals surface area contributed by atoms with Crippen molar-refractivity contribution in [3.8, 4) is 5.75 Å². The number of para-hydroxylation sites is 2. The predicted molar refractivity (Wildman–Crippen MR) is 78.0 cm³/mol. The van der Waals surface area contributed by atoms with E-state index in [9.17, 15) is 17.2 Å². The molecule has 0 heterocycles. The molecule has 0 radical (unpaired) electrons. The molecule has 0 atom stereocenters. The van der Waals surface area contributed by atoms with E-state index in [2.05, 4.69) is 25.4 Å². The van der Waals surface area contributed by atoms with Crippen molar-refractivity contribution in [3.63, 3.8) is 0 Å². The van der Waals surface area contributed by atoms with Gasteiger partial charge in [-0.05, 0) is 40.2 Å². The van der Waals surface area contributed by atoms with Gasteiger partial charge in [-0.3, -0.25) is 4.72 Å². The van der Waals surface area contributed by atoms with Crippen LogP contribution in [0.5, 0.6) is 5.75 Å². The highest BCUT2D eigenvalue weighted by Gasteiger charge is 2.19. The van der Waals surface area contributed by atoms with Gasteiger partial charge >= 0.3 is 6.61 Å². The lowest BCUT2D eigenvalue weighted by Gasteiger charge is -2.13. The molecule has 8 heteroatoms. The monoisotopic (exact) mass is 377 g/mol. The lowest BCUT2D eigenvalue weighted by atomic mass is 10.3. The molecule has 0 aliphatic carbocycles. The number of anilines is 1. The van der Waals surface area contributed by atoms with E-state index >= 15 is 0 Å². The molecule has 21 heavy (non-hydrogen) atoms. The molecule has 0 saturated heterocycles. The van der Waals surface area contributed by atoms with Crippen LogP contribution in [0.25, 0.3) is 0 Å². The number of rotatable bonds is 5. The first kappa shape index (κ1) is 15.7. The molecule has 0 saturated carbocycles. The van der Waals surface area contributed by atoms with E-state index in [1.54, 1.807) is 18.2 Å². The number of hydrogen-bond donors (Lipinski definition) is 1. The zero-order chi connectivity index (χ0) is 15.5. The van der Waals surface area contributed by atoms with Crippen molar-refractivity contribution in [3.05, 3.63) is 53.0 Å². The maximum absolute atomic E-state index is 12.3. The van der Waals surface area contributed by atoms with Gasteiger partial charge in [0.1, 0.15) is 10.6 Å². The van der Waals surface area contributed by atoms with E-state index in [4.69, 9.17) is 0 Å². The van der Waals surface area contributed by atoms with E-state index in [1.807, 2.05) is 0 Å². The van der Waals surface area contributed by atoms with E-state index in [0.717, 1.165) is 0 Å². The van der Waals surface area contributed by atoms with Crippen LogP contribution in [0.15, 0.2) is 57.9 Å². The molecule has 0 aliphatic rings. The van der Waals surface area contributed by atoms with Gasteiger partial charge in [0.15, 0.2) is 0 Å². The Bertz CT molecular complexity index is 738. The molecule has 2 rings (SSSR count). The Hall–Kier alpha value is -1.67. The highest BCUT2D eigenvalue weighted by atomic mass is 79.9. The van der Waals surface area contributed by atoms with Crippen LogP contribution >= 0.6 is 15.9 Å². The third-order valence-electron chi connectivity index (χ3n) is 2.47. The van der Waals surface area contributed by atoms with Gasteiger partial charge in [-0.1, -0.05) is 24.3 Å². The number of halogens is 3. The van der Waals surface area contributed by atoms with E-state index in [1.165, 1.54) is 30.3 Å². The second-order valence-corrected chi connectivity index (χ2v) is 6.42. The summed E-state index contributed by atoms with van der Waals surface area (Å²) in [7, 11) is -3.92. The zero-order valence-corrected chi connectivity index (χ0v) is 12.9. The van der Waals surface area contributed by atoms with E-state index in [0.29, 0.717) is 4.47 Å². The average molecular weight is 378 g/mol. The summed E-state index contributed by atoms with van der Waals surface area (Å²) < 4.78 is 56.1. The number of nitrogens with one attached hydrogen (secondary N) is 1. The van der Waals surface area contributed by atoms with Crippen LogP contribution in [0.3, 0.4) is 0 Å². The number of alkyl halides is 2. The standard InChI is InChI=1S/C13H10BrF2NO3S/c14-9-5-1-4-8-12(9)21(18,19)17-10-6-2-3-7-11(10)20-13(15)16/h1-8,13,17H. The third-order valence-corrected chi connectivity index (χ3v) is 4.85. The Labute approximate surface area is 128 Å². The Balaban J connectivity index is 2.36. The first-order chi connectivity index (χ1) is 9.90. The van der Waals surface area contributed by atoms with Gasteiger partial charge in [-0.2, -0.15) is 8.78 Å². The van der Waals surface area contributed by atoms with Crippen molar-refractivity contribution in [1.82, 2.24) is 0 Å². The maximum atomic E-state index is 12.3. The van der Waals surface area contributed by atoms with Crippen molar-refractivity contribution >= 4 is 31.6 Å².